The molecule has 0 bridgehead atoms. The number of ether oxygens (including phenoxy) is 4. The number of carbonyl (C=O) groups is 2. The zero-order valence-electron chi connectivity index (χ0n) is 20.1. The second kappa shape index (κ2) is 12.6. The lowest BCUT2D eigenvalue weighted by atomic mass is 9.85. The molecular weight excluding hydrogens is 460 g/mol. The molecule has 0 amide bonds. The Kier molecular flexibility index (Phi) is 8.97. The van der Waals surface area contributed by atoms with E-state index in [0.717, 1.165) is 16.7 Å². The minimum Gasteiger partial charge on any atom is -0.452 e. The van der Waals surface area contributed by atoms with E-state index in [1.165, 1.54) is 6.92 Å². The molecule has 5 unspecified atom stereocenters. The van der Waals surface area contributed by atoms with Gasteiger partial charge in [0.2, 0.25) is 5.78 Å². The van der Waals surface area contributed by atoms with Crippen molar-refractivity contribution in [3.63, 3.8) is 0 Å². The van der Waals surface area contributed by atoms with Gasteiger partial charge in [0.05, 0.1) is 19.8 Å². The zero-order chi connectivity index (χ0) is 25.3. The van der Waals surface area contributed by atoms with Gasteiger partial charge in [-0.2, -0.15) is 0 Å². The number of Topliss-reactive ketones (excluding diaryl/α,β-unsaturated/α-hetero) is 1. The van der Waals surface area contributed by atoms with Crippen LogP contribution in [0.3, 0.4) is 0 Å². The van der Waals surface area contributed by atoms with Gasteiger partial charge >= 0.3 is 5.97 Å². The summed E-state index contributed by atoms with van der Waals surface area (Å²) in [6.45, 7) is 1.68. The van der Waals surface area contributed by atoms with Gasteiger partial charge in [0, 0.05) is 6.92 Å². The molecule has 1 N–H and O–H groups in total. The van der Waals surface area contributed by atoms with Crippen molar-refractivity contribution in [1.82, 2.24) is 0 Å². The van der Waals surface area contributed by atoms with Crippen molar-refractivity contribution in [3.05, 3.63) is 108 Å². The van der Waals surface area contributed by atoms with Crippen molar-refractivity contribution < 1.29 is 33.6 Å². The lowest BCUT2D eigenvalue weighted by Crippen LogP contribution is -2.64. The average Bonchev–Trinajstić information content (AvgIpc) is 2.90. The Morgan fingerprint density at radius 1 is 0.667 bits per heavy atom. The van der Waals surface area contributed by atoms with Crippen molar-refractivity contribution >= 4 is 11.8 Å². The van der Waals surface area contributed by atoms with Gasteiger partial charge in [0.25, 0.3) is 0 Å². The summed E-state index contributed by atoms with van der Waals surface area (Å²) in [7, 11) is 0. The van der Waals surface area contributed by atoms with Crippen molar-refractivity contribution in [2.75, 3.05) is 0 Å². The molecule has 0 saturated heterocycles. The minimum absolute atomic E-state index is 0.136. The molecule has 1 fully saturated rings. The van der Waals surface area contributed by atoms with Gasteiger partial charge in [-0.3, -0.25) is 9.59 Å². The molecule has 3 aromatic rings. The first kappa shape index (κ1) is 25.7. The van der Waals surface area contributed by atoms with Crippen LogP contribution in [-0.2, 0) is 48.4 Å². The fraction of sp³-hybridized carbons (Fsp3) is 0.310. The third-order valence-electron chi connectivity index (χ3n) is 5.97. The van der Waals surface area contributed by atoms with Gasteiger partial charge in [-0.25, -0.2) is 0 Å². The number of aliphatic hydroxyl groups excluding tert-OH is 1. The summed E-state index contributed by atoms with van der Waals surface area (Å²) >= 11 is 0. The lowest BCUT2D eigenvalue weighted by molar-refractivity contribution is -0.225. The average molecular weight is 491 g/mol. The summed E-state index contributed by atoms with van der Waals surface area (Å²) in [5, 5.41) is 11.1. The highest BCUT2D eigenvalue weighted by molar-refractivity contribution is 5.91. The number of ketones is 1. The Balaban J connectivity index is 1.61. The van der Waals surface area contributed by atoms with Crippen molar-refractivity contribution in [2.45, 2.75) is 57.3 Å². The van der Waals surface area contributed by atoms with E-state index in [4.69, 9.17) is 18.9 Å². The molecule has 1 saturated carbocycles. The summed E-state index contributed by atoms with van der Waals surface area (Å²) in [5.41, 5.74) is 2.64. The standard InChI is InChI=1S/C29H30O7/c1-20(30)36-26-24(31)27(33-17-21-11-5-2-6-12-21)29(35-19-23-15-9-4-10-16-23)28(25(26)32)34-18-22-13-7-3-8-14-22/h2-16,24,26-29,31H,17-19H2,1H3. The molecule has 5 atom stereocenters. The Hall–Kier alpha value is -3.36. The molecule has 1 aliphatic carbocycles. The Bertz CT molecular complexity index is 1100. The number of carbonyl (C=O) groups excluding carboxylic acids is 2. The maximum Gasteiger partial charge on any atom is 0.303 e. The second-order valence-electron chi connectivity index (χ2n) is 8.66. The third kappa shape index (κ3) is 6.65. The Labute approximate surface area is 210 Å². The summed E-state index contributed by atoms with van der Waals surface area (Å²) in [5.74, 6) is -1.24. The van der Waals surface area contributed by atoms with Crippen molar-refractivity contribution in [3.8, 4) is 0 Å². The van der Waals surface area contributed by atoms with Crippen molar-refractivity contribution in [2.24, 2.45) is 0 Å². The molecule has 3 aromatic carbocycles. The predicted molar refractivity (Wildman–Crippen MR) is 132 cm³/mol. The van der Waals surface area contributed by atoms with Gasteiger partial charge in [0.15, 0.2) is 6.10 Å². The Morgan fingerprint density at radius 2 is 1.08 bits per heavy atom. The number of rotatable bonds is 10. The fourth-order valence-corrected chi connectivity index (χ4v) is 4.18. The second-order valence-corrected chi connectivity index (χ2v) is 8.66. The fourth-order valence-electron chi connectivity index (χ4n) is 4.18. The van der Waals surface area contributed by atoms with Crippen LogP contribution in [0.4, 0.5) is 0 Å². The van der Waals surface area contributed by atoms with Crippen LogP contribution in [0.1, 0.15) is 23.6 Å². The highest BCUT2D eigenvalue weighted by Crippen LogP contribution is 2.30. The van der Waals surface area contributed by atoms with E-state index in [2.05, 4.69) is 0 Å². The van der Waals surface area contributed by atoms with Crippen LogP contribution in [-0.4, -0.2) is 47.4 Å². The molecule has 7 heteroatoms. The van der Waals surface area contributed by atoms with Gasteiger partial charge in [0.1, 0.15) is 24.4 Å². The van der Waals surface area contributed by atoms with E-state index >= 15 is 0 Å². The predicted octanol–water partition coefficient (Wildman–Crippen LogP) is 3.62. The van der Waals surface area contributed by atoms with Crippen LogP contribution in [0.2, 0.25) is 0 Å². The van der Waals surface area contributed by atoms with Crippen LogP contribution >= 0.6 is 0 Å². The summed E-state index contributed by atoms with van der Waals surface area (Å²) in [6.07, 6.45) is -5.91. The number of hydrogen-bond donors (Lipinski definition) is 1. The summed E-state index contributed by atoms with van der Waals surface area (Å²) in [6, 6.07) is 28.4. The van der Waals surface area contributed by atoms with Crippen LogP contribution in [0.15, 0.2) is 91.0 Å². The molecule has 0 aliphatic heterocycles. The minimum atomic E-state index is -1.43. The third-order valence-corrected chi connectivity index (χ3v) is 5.97. The molecule has 0 spiro atoms. The van der Waals surface area contributed by atoms with E-state index in [1.807, 2.05) is 91.0 Å². The van der Waals surface area contributed by atoms with E-state index in [9.17, 15) is 14.7 Å². The van der Waals surface area contributed by atoms with Crippen LogP contribution < -0.4 is 0 Å². The first-order valence-corrected chi connectivity index (χ1v) is 11.9. The highest BCUT2D eigenvalue weighted by Gasteiger charge is 2.53. The highest BCUT2D eigenvalue weighted by atomic mass is 16.6. The maximum atomic E-state index is 13.4. The van der Waals surface area contributed by atoms with Gasteiger partial charge in [-0.05, 0) is 16.7 Å². The number of esters is 1. The van der Waals surface area contributed by atoms with E-state index in [0.29, 0.717) is 0 Å². The molecular formula is C29H30O7. The quantitative estimate of drug-likeness (QED) is 0.434. The Morgan fingerprint density at radius 3 is 1.53 bits per heavy atom. The van der Waals surface area contributed by atoms with Crippen molar-refractivity contribution in [1.29, 1.82) is 0 Å². The topological polar surface area (TPSA) is 91.3 Å². The van der Waals surface area contributed by atoms with E-state index in [1.54, 1.807) is 0 Å². The molecule has 36 heavy (non-hydrogen) atoms. The number of aliphatic hydroxyl groups is 1. The first-order valence-electron chi connectivity index (χ1n) is 11.9. The summed E-state index contributed by atoms with van der Waals surface area (Å²) in [4.78, 5) is 25.2. The molecule has 0 heterocycles. The smallest absolute Gasteiger partial charge is 0.303 e. The number of hydrogen-bond acceptors (Lipinski definition) is 7. The van der Waals surface area contributed by atoms with Crippen LogP contribution in [0.5, 0.6) is 0 Å². The molecule has 188 valence electrons. The lowest BCUT2D eigenvalue weighted by Gasteiger charge is -2.42. The SMILES string of the molecule is CC(=O)OC1C(=O)C(OCc2ccccc2)C(OCc2ccccc2)C(OCc2ccccc2)C1O. The molecule has 0 aromatic heterocycles. The van der Waals surface area contributed by atoms with E-state index < -0.39 is 42.3 Å². The molecule has 1 aliphatic rings. The van der Waals surface area contributed by atoms with E-state index in [-0.39, 0.29) is 19.8 Å². The van der Waals surface area contributed by atoms with Crippen LogP contribution in [0, 0.1) is 0 Å². The monoisotopic (exact) mass is 490 g/mol. The normalized spacial score (nSPS) is 23.8. The van der Waals surface area contributed by atoms with Gasteiger partial charge in [-0.1, -0.05) is 91.0 Å². The summed E-state index contributed by atoms with van der Waals surface area (Å²) < 4.78 is 23.6. The van der Waals surface area contributed by atoms with Gasteiger partial charge in [-0.15, -0.1) is 0 Å². The first-order chi connectivity index (χ1) is 17.5. The zero-order valence-corrected chi connectivity index (χ0v) is 20.1. The molecule has 4 rings (SSSR count). The molecule has 0 radical (unpaired) electrons. The molecule has 7 nitrogen and oxygen atoms in total. The van der Waals surface area contributed by atoms with Crippen LogP contribution in [0.25, 0.3) is 0 Å². The van der Waals surface area contributed by atoms with Gasteiger partial charge < -0.3 is 24.1 Å². The number of benzene rings is 3. The largest absolute Gasteiger partial charge is 0.452 e. The maximum absolute atomic E-state index is 13.4.